The van der Waals surface area contributed by atoms with E-state index in [9.17, 15) is 9.59 Å². The van der Waals surface area contributed by atoms with Crippen LogP contribution in [0, 0.1) is 5.92 Å². The fourth-order valence-electron chi connectivity index (χ4n) is 3.00. The molecule has 7 heteroatoms. The first-order valence-electron chi connectivity index (χ1n) is 7.63. The molecule has 2 heterocycles. The molecule has 2 rings (SSSR count). The fraction of sp³-hybridized carbons (Fsp3) is 0.857. The van der Waals surface area contributed by atoms with Gasteiger partial charge in [-0.1, -0.05) is 0 Å². The molecule has 1 unspecified atom stereocenters. The van der Waals surface area contributed by atoms with Gasteiger partial charge in [-0.2, -0.15) is 0 Å². The van der Waals surface area contributed by atoms with E-state index in [0.29, 0.717) is 6.42 Å². The van der Waals surface area contributed by atoms with E-state index in [0.717, 1.165) is 58.7 Å². The van der Waals surface area contributed by atoms with Crippen molar-refractivity contribution < 1.29 is 9.59 Å². The van der Waals surface area contributed by atoms with Crippen molar-refractivity contribution in [2.24, 2.45) is 5.92 Å². The van der Waals surface area contributed by atoms with Crippen molar-refractivity contribution >= 4 is 24.2 Å². The molecule has 1 atom stereocenters. The smallest absolute Gasteiger partial charge is 0.224 e. The molecular formula is C14H27ClN4O2. The highest BCUT2D eigenvalue weighted by atomic mass is 35.5. The lowest BCUT2D eigenvalue weighted by atomic mass is 9.97. The first-order chi connectivity index (χ1) is 9.70. The van der Waals surface area contributed by atoms with Crippen LogP contribution < -0.4 is 10.6 Å². The Morgan fingerprint density at radius 1 is 1.24 bits per heavy atom. The molecule has 0 saturated carbocycles. The number of rotatable bonds is 4. The van der Waals surface area contributed by atoms with Crippen LogP contribution in [0.2, 0.25) is 0 Å². The summed E-state index contributed by atoms with van der Waals surface area (Å²) < 4.78 is 0. The Morgan fingerprint density at radius 2 is 1.95 bits per heavy atom. The highest BCUT2D eigenvalue weighted by molar-refractivity contribution is 5.85. The van der Waals surface area contributed by atoms with Crippen LogP contribution in [-0.4, -0.2) is 74.5 Å². The minimum atomic E-state index is 0. The number of carbonyl (C=O) groups excluding carboxylic acids is 2. The van der Waals surface area contributed by atoms with E-state index in [4.69, 9.17) is 0 Å². The number of likely N-dealkylation sites (tertiary alicyclic amines) is 1. The summed E-state index contributed by atoms with van der Waals surface area (Å²) in [5, 5.41) is 5.98. The van der Waals surface area contributed by atoms with Crippen LogP contribution in [0.25, 0.3) is 0 Å². The molecule has 2 aliphatic heterocycles. The monoisotopic (exact) mass is 318 g/mol. The summed E-state index contributed by atoms with van der Waals surface area (Å²) in [5.74, 6) is 0.458. The molecule has 2 saturated heterocycles. The molecule has 0 aromatic rings. The molecule has 2 N–H and O–H groups in total. The summed E-state index contributed by atoms with van der Waals surface area (Å²) >= 11 is 0. The second-order valence-electron chi connectivity index (χ2n) is 5.63. The Morgan fingerprint density at radius 3 is 2.62 bits per heavy atom. The number of hydrogen-bond acceptors (Lipinski definition) is 4. The number of hydrogen-bond donors (Lipinski definition) is 2. The van der Waals surface area contributed by atoms with E-state index in [1.165, 1.54) is 0 Å². The predicted molar refractivity (Wildman–Crippen MR) is 84.5 cm³/mol. The van der Waals surface area contributed by atoms with Gasteiger partial charge in [0.25, 0.3) is 0 Å². The molecule has 6 nitrogen and oxygen atoms in total. The lowest BCUT2D eigenvalue weighted by Gasteiger charge is -2.33. The molecule has 0 bridgehead atoms. The first-order valence-corrected chi connectivity index (χ1v) is 7.63. The minimum Gasteiger partial charge on any atom is -0.359 e. The predicted octanol–water partition coefficient (Wildman–Crippen LogP) is -0.312. The van der Waals surface area contributed by atoms with Crippen LogP contribution in [0.4, 0.5) is 0 Å². The Hall–Kier alpha value is -0.850. The van der Waals surface area contributed by atoms with Gasteiger partial charge in [0.1, 0.15) is 0 Å². The van der Waals surface area contributed by atoms with Crippen molar-refractivity contribution in [3.63, 3.8) is 0 Å². The van der Waals surface area contributed by atoms with E-state index in [-0.39, 0.29) is 30.1 Å². The number of amides is 2. The standard InChI is InChI=1S/C14H26N4O2.ClH/c1-15-14(20)12-3-2-7-17(11-12)8-4-13(19)18-9-5-16-6-10-18;/h12,16H,2-11H2,1H3,(H,15,20);1H. The number of halogens is 1. The molecule has 2 amide bonds. The summed E-state index contributed by atoms with van der Waals surface area (Å²) in [4.78, 5) is 28.0. The molecule has 0 aromatic heterocycles. The van der Waals surface area contributed by atoms with Gasteiger partial charge in [0.2, 0.25) is 11.8 Å². The van der Waals surface area contributed by atoms with Gasteiger partial charge < -0.3 is 20.4 Å². The lowest BCUT2D eigenvalue weighted by Crippen LogP contribution is -2.48. The van der Waals surface area contributed by atoms with E-state index < -0.39 is 0 Å². The SMILES string of the molecule is CNC(=O)C1CCCN(CCC(=O)N2CCNCC2)C1.Cl. The summed E-state index contributed by atoms with van der Waals surface area (Å²) in [6.07, 6.45) is 2.57. The van der Waals surface area contributed by atoms with Gasteiger partial charge in [0.15, 0.2) is 0 Å². The van der Waals surface area contributed by atoms with Crippen LogP contribution in [0.15, 0.2) is 0 Å². The van der Waals surface area contributed by atoms with Crippen LogP contribution in [0.5, 0.6) is 0 Å². The molecule has 0 aromatic carbocycles. The number of piperidine rings is 1. The zero-order valence-electron chi connectivity index (χ0n) is 12.8. The van der Waals surface area contributed by atoms with Crippen molar-refractivity contribution in [2.75, 3.05) is 52.9 Å². The largest absolute Gasteiger partial charge is 0.359 e. The second-order valence-corrected chi connectivity index (χ2v) is 5.63. The molecule has 0 aliphatic carbocycles. The van der Waals surface area contributed by atoms with E-state index in [2.05, 4.69) is 15.5 Å². The third kappa shape index (κ3) is 5.45. The summed E-state index contributed by atoms with van der Waals surface area (Å²) in [7, 11) is 1.69. The highest BCUT2D eigenvalue weighted by Crippen LogP contribution is 2.16. The summed E-state index contributed by atoms with van der Waals surface area (Å²) in [6.45, 7) is 5.99. The van der Waals surface area contributed by atoms with E-state index in [1.807, 2.05) is 4.90 Å². The molecule has 21 heavy (non-hydrogen) atoms. The maximum absolute atomic E-state index is 12.1. The number of carbonyl (C=O) groups is 2. The molecule has 2 aliphatic rings. The Labute approximate surface area is 133 Å². The van der Waals surface area contributed by atoms with Crippen LogP contribution in [-0.2, 0) is 9.59 Å². The zero-order valence-corrected chi connectivity index (χ0v) is 13.6. The Bertz CT molecular complexity index is 348. The normalized spacial score (nSPS) is 23.3. The van der Waals surface area contributed by atoms with Crippen molar-refractivity contribution in [3.8, 4) is 0 Å². The van der Waals surface area contributed by atoms with Crippen molar-refractivity contribution in [1.29, 1.82) is 0 Å². The lowest BCUT2D eigenvalue weighted by molar-refractivity contribution is -0.132. The third-order valence-corrected chi connectivity index (χ3v) is 4.23. The molecule has 0 radical (unpaired) electrons. The molecule has 0 spiro atoms. The topological polar surface area (TPSA) is 64.7 Å². The van der Waals surface area contributed by atoms with Crippen LogP contribution in [0.3, 0.4) is 0 Å². The highest BCUT2D eigenvalue weighted by Gasteiger charge is 2.25. The Balaban J connectivity index is 0.00000220. The number of piperazine rings is 1. The first kappa shape index (κ1) is 18.2. The summed E-state index contributed by atoms with van der Waals surface area (Å²) in [6, 6.07) is 0. The van der Waals surface area contributed by atoms with Gasteiger partial charge >= 0.3 is 0 Å². The van der Waals surface area contributed by atoms with Gasteiger partial charge in [-0.15, -0.1) is 12.4 Å². The van der Waals surface area contributed by atoms with E-state index in [1.54, 1.807) is 7.05 Å². The quantitative estimate of drug-likeness (QED) is 0.746. The maximum atomic E-state index is 12.1. The van der Waals surface area contributed by atoms with Crippen LogP contribution >= 0.6 is 12.4 Å². The van der Waals surface area contributed by atoms with Gasteiger partial charge in [-0.05, 0) is 19.4 Å². The molecular weight excluding hydrogens is 292 g/mol. The third-order valence-electron chi connectivity index (χ3n) is 4.23. The van der Waals surface area contributed by atoms with Gasteiger partial charge in [0, 0.05) is 52.7 Å². The van der Waals surface area contributed by atoms with Crippen molar-refractivity contribution in [1.82, 2.24) is 20.4 Å². The molecule has 122 valence electrons. The fourth-order valence-corrected chi connectivity index (χ4v) is 3.00. The minimum absolute atomic E-state index is 0. The summed E-state index contributed by atoms with van der Waals surface area (Å²) in [5.41, 5.74) is 0. The number of nitrogens with zero attached hydrogens (tertiary/aromatic N) is 2. The van der Waals surface area contributed by atoms with E-state index >= 15 is 0 Å². The number of nitrogens with one attached hydrogen (secondary N) is 2. The average molecular weight is 319 g/mol. The van der Waals surface area contributed by atoms with Crippen molar-refractivity contribution in [2.45, 2.75) is 19.3 Å². The van der Waals surface area contributed by atoms with Gasteiger partial charge in [0.05, 0.1) is 5.92 Å². The maximum Gasteiger partial charge on any atom is 0.224 e. The average Bonchev–Trinajstić information content (AvgIpc) is 2.53. The van der Waals surface area contributed by atoms with Gasteiger partial charge in [-0.25, -0.2) is 0 Å². The van der Waals surface area contributed by atoms with Crippen LogP contribution in [0.1, 0.15) is 19.3 Å². The Kier molecular flexibility index (Phi) is 8.00. The van der Waals surface area contributed by atoms with Gasteiger partial charge in [-0.3, -0.25) is 9.59 Å². The van der Waals surface area contributed by atoms with Crippen molar-refractivity contribution in [3.05, 3.63) is 0 Å². The zero-order chi connectivity index (χ0) is 14.4. The molecule has 2 fully saturated rings. The second kappa shape index (κ2) is 9.23.